The average Bonchev–Trinajstić information content (AvgIpc) is 3.02. The monoisotopic (exact) mass is 276 g/mol. The van der Waals surface area contributed by atoms with Crippen LogP contribution in [0.15, 0.2) is 0 Å². The van der Waals surface area contributed by atoms with E-state index in [4.69, 9.17) is 0 Å². The smallest absolute Gasteiger partial charge is 0.0672 e. The van der Waals surface area contributed by atoms with Gasteiger partial charge in [-0.2, -0.15) is 5.26 Å². The molecule has 1 N–H and O–H groups in total. The molecule has 0 aromatic heterocycles. The second kappa shape index (κ2) is 6.03. The fourth-order valence-corrected chi connectivity index (χ4v) is 5.00. The molecule has 1 aliphatic heterocycles. The van der Waals surface area contributed by atoms with Crippen molar-refractivity contribution < 1.29 is 5.11 Å². The van der Waals surface area contributed by atoms with Gasteiger partial charge in [0, 0.05) is 25.0 Å². The van der Waals surface area contributed by atoms with E-state index in [0.717, 1.165) is 31.8 Å². The first-order chi connectivity index (χ1) is 9.72. The number of fused-ring (bicyclic) bond motifs is 1. The summed E-state index contributed by atoms with van der Waals surface area (Å²) in [4.78, 5) is 2.56. The summed E-state index contributed by atoms with van der Waals surface area (Å²) in [5.74, 6) is 2.22. The average molecular weight is 276 g/mol. The molecule has 0 amide bonds. The third-order valence-corrected chi connectivity index (χ3v) is 6.10. The van der Waals surface area contributed by atoms with Crippen LogP contribution < -0.4 is 0 Å². The molecule has 0 bridgehead atoms. The lowest BCUT2D eigenvalue weighted by molar-refractivity contribution is 0.0890. The molecule has 112 valence electrons. The highest BCUT2D eigenvalue weighted by molar-refractivity contribution is 5.02. The standard InChI is InChI=1S/C17H28N2O/c1-2-3-12-4-5-13(9-18)16(8-12)19-10-14-6-7-17(20)15(14)11-19/h12-17,20H,2-8,10-11H2,1H3. The predicted octanol–water partition coefficient (Wildman–Crippen LogP) is 2.80. The minimum atomic E-state index is -0.0828. The molecule has 2 aliphatic carbocycles. The van der Waals surface area contributed by atoms with E-state index in [1.165, 1.54) is 32.1 Å². The fourth-order valence-electron chi connectivity index (χ4n) is 5.00. The number of likely N-dealkylation sites (tertiary alicyclic amines) is 1. The first kappa shape index (κ1) is 14.4. The van der Waals surface area contributed by atoms with Gasteiger partial charge in [-0.15, -0.1) is 0 Å². The van der Waals surface area contributed by atoms with Gasteiger partial charge in [0.1, 0.15) is 0 Å². The van der Waals surface area contributed by atoms with E-state index < -0.39 is 0 Å². The van der Waals surface area contributed by atoms with Crippen molar-refractivity contribution in [2.24, 2.45) is 23.7 Å². The molecule has 2 saturated carbocycles. The summed E-state index contributed by atoms with van der Waals surface area (Å²) in [7, 11) is 0. The van der Waals surface area contributed by atoms with E-state index >= 15 is 0 Å². The van der Waals surface area contributed by atoms with Gasteiger partial charge in [-0.05, 0) is 43.9 Å². The van der Waals surface area contributed by atoms with Gasteiger partial charge >= 0.3 is 0 Å². The quantitative estimate of drug-likeness (QED) is 0.862. The van der Waals surface area contributed by atoms with Gasteiger partial charge in [0.2, 0.25) is 0 Å². The maximum atomic E-state index is 10.1. The van der Waals surface area contributed by atoms with Crippen LogP contribution in [0.2, 0.25) is 0 Å². The molecule has 6 atom stereocenters. The highest BCUT2D eigenvalue weighted by Gasteiger charge is 2.46. The minimum Gasteiger partial charge on any atom is -0.393 e. The highest BCUT2D eigenvalue weighted by Crippen LogP contribution is 2.42. The second-order valence-corrected chi connectivity index (χ2v) is 7.29. The molecule has 0 aromatic rings. The van der Waals surface area contributed by atoms with E-state index in [-0.39, 0.29) is 12.0 Å². The molecule has 0 aromatic carbocycles. The third kappa shape index (κ3) is 2.61. The lowest BCUT2D eigenvalue weighted by atomic mass is 9.76. The molecule has 6 unspecified atom stereocenters. The van der Waals surface area contributed by atoms with Crippen molar-refractivity contribution in [3.8, 4) is 6.07 Å². The van der Waals surface area contributed by atoms with Crippen molar-refractivity contribution >= 4 is 0 Å². The van der Waals surface area contributed by atoms with Gasteiger partial charge in [0.15, 0.2) is 0 Å². The van der Waals surface area contributed by atoms with E-state index in [1.54, 1.807) is 0 Å². The molecule has 1 saturated heterocycles. The summed E-state index contributed by atoms with van der Waals surface area (Å²) in [5, 5.41) is 19.5. The van der Waals surface area contributed by atoms with Crippen LogP contribution in [-0.4, -0.2) is 35.2 Å². The molecular formula is C17H28N2O. The van der Waals surface area contributed by atoms with Crippen LogP contribution in [0.1, 0.15) is 51.9 Å². The Morgan fingerprint density at radius 1 is 1.20 bits per heavy atom. The summed E-state index contributed by atoms with van der Waals surface area (Å²) in [6.45, 7) is 4.43. The number of nitrogens with zero attached hydrogens (tertiary/aromatic N) is 2. The van der Waals surface area contributed by atoms with Gasteiger partial charge in [0.25, 0.3) is 0 Å². The first-order valence-corrected chi connectivity index (χ1v) is 8.54. The predicted molar refractivity (Wildman–Crippen MR) is 78.9 cm³/mol. The Hall–Kier alpha value is -0.590. The molecule has 20 heavy (non-hydrogen) atoms. The maximum absolute atomic E-state index is 10.1. The molecule has 3 fully saturated rings. The van der Waals surface area contributed by atoms with E-state index in [0.29, 0.717) is 17.9 Å². The van der Waals surface area contributed by atoms with Crippen molar-refractivity contribution in [1.29, 1.82) is 5.26 Å². The Morgan fingerprint density at radius 2 is 2.05 bits per heavy atom. The number of aliphatic hydroxyl groups excluding tert-OH is 1. The zero-order valence-corrected chi connectivity index (χ0v) is 12.7. The lowest BCUT2D eigenvalue weighted by Gasteiger charge is -2.39. The maximum Gasteiger partial charge on any atom is 0.0672 e. The Morgan fingerprint density at radius 3 is 2.75 bits per heavy atom. The fraction of sp³-hybridized carbons (Fsp3) is 0.941. The van der Waals surface area contributed by atoms with Gasteiger partial charge in [-0.25, -0.2) is 0 Å². The Labute approximate surface area is 123 Å². The van der Waals surface area contributed by atoms with Crippen molar-refractivity contribution in [3.63, 3.8) is 0 Å². The summed E-state index contributed by atoms with van der Waals surface area (Å²) in [6, 6.07) is 3.03. The van der Waals surface area contributed by atoms with Gasteiger partial charge in [-0.3, -0.25) is 4.90 Å². The van der Waals surface area contributed by atoms with Crippen LogP contribution in [0, 0.1) is 35.0 Å². The number of hydrogen-bond acceptors (Lipinski definition) is 3. The minimum absolute atomic E-state index is 0.0828. The zero-order valence-electron chi connectivity index (χ0n) is 12.7. The highest BCUT2D eigenvalue weighted by atomic mass is 16.3. The molecule has 3 aliphatic rings. The topological polar surface area (TPSA) is 47.3 Å². The Balaban J connectivity index is 1.66. The summed E-state index contributed by atoms with van der Waals surface area (Å²) >= 11 is 0. The van der Waals surface area contributed by atoms with E-state index in [2.05, 4.69) is 17.9 Å². The molecule has 0 radical (unpaired) electrons. The van der Waals surface area contributed by atoms with Gasteiger partial charge < -0.3 is 5.11 Å². The van der Waals surface area contributed by atoms with Crippen LogP contribution in [0.4, 0.5) is 0 Å². The SMILES string of the molecule is CCCC1CCC(C#N)C(N2CC3CCC(O)C3C2)C1. The Bertz CT molecular complexity index is 378. The third-order valence-electron chi connectivity index (χ3n) is 6.10. The number of rotatable bonds is 3. The summed E-state index contributed by atoms with van der Waals surface area (Å²) in [5.41, 5.74) is 0. The van der Waals surface area contributed by atoms with Crippen LogP contribution in [0.25, 0.3) is 0 Å². The number of hydrogen-bond donors (Lipinski definition) is 1. The Kier molecular flexibility index (Phi) is 4.33. The first-order valence-electron chi connectivity index (χ1n) is 8.54. The van der Waals surface area contributed by atoms with Crippen LogP contribution >= 0.6 is 0 Å². The van der Waals surface area contributed by atoms with Crippen LogP contribution in [0.5, 0.6) is 0 Å². The van der Waals surface area contributed by atoms with Gasteiger partial charge in [-0.1, -0.05) is 19.8 Å². The van der Waals surface area contributed by atoms with Gasteiger partial charge in [0.05, 0.1) is 18.1 Å². The largest absolute Gasteiger partial charge is 0.393 e. The van der Waals surface area contributed by atoms with Crippen molar-refractivity contribution in [2.75, 3.05) is 13.1 Å². The second-order valence-electron chi connectivity index (χ2n) is 7.29. The number of nitriles is 1. The van der Waals surface area contributed by atoms with E-state index in [1.807, 2.05) is 0 Å². The van der Waals surface area contributed by atoms with Crippen LogP contribution in [0.3, 0.4) is 0 Å². The zero-order chi connectivity index (χ0) is 14.1. The molecule has 3 nitrogen and oxygen atoms in total. The molecule has 0 spiro atoms. The number of aliphatic hydroxyl groups is 1. The van der Waals surface area contributed by atoms with Crippen molar-refractivity contribution in [3.05, 3.63) is 0 Å². The molecule has 1 heterocycles. The molecule has 3 rings (SSSR count). The summed E-state index contributed by atoms with van der Waals surface area (Å²) in [6.07, 6.45) is 8.21. The van der Waals surface area contributed by atoms with Crippen molar-refractivity contribution in [2.45, 2.75) is 64.0 Å². The lowest BCUT2D eigenvalue weighted by Crippen LogP contribution is -2.43. The normalized spacial score (nSPS) is 45.2. The van der Waals surface area contributed by atoms with E-state index in [9.17, 15) is 10.4 Å². The van der Waals surface area contributed by atoms with Crippen LogP contribution in [-0.2, 0) is 0 Å². The van der Waals surface area contributed by atoms with Crippen molar-refractivity contribution in [1.82, 2.24) is 4.90 Å². The summed E-state index contributed by atoms with van der Waals surface area (Å²) < 4.78 is 0. The molecular weight excluding hydrogens is 248 g/mol. The molecule has 3 heteroatoms.